The fourth-order valence-corrected chi connectivity index (χ4v) is 4.12. The third-order valence-corrected chi connectivity index (χ3v) is 6.05. The smallest absolute Gasteiger partial charge is 0.254 e. The molecule has 3 fully saturated rings. The zero-order chi connectivity index (χ0) is 18.3. The van der Waals surface area contributed by atoms with Crippen LogP contribution in [0.25, 0.3) is 0 Å². The van der Waals surface area contributed by atoms with E-state index in [-0.39, 0.29) is 30.1 Å². The van der Waals surface area contributed by atoms with Crippen LogP contribution in [0.5, 0.6) is 0 Å². The average Bonchev–Trinajstić information content (AvgIpc) is 3.47. The minimum Gasteiger partial charge on any atom is -0.363 e. The molecular formula is C19H24FN3O3. The van der Waals surface area contributed by atoms with Gasteiger partial charge in [-0.05, 0) is 44.6 Å². The summed E-state index contributed by atoms with van der Waals surface area (Å²) in [5, 5.41) is 0. The van der Waals surface area contributed by atoms with Crippen molar-refractivity contribution < 1.29 is 18.7 Å². The van der Waals surface area contributed by atoms with Gasteiger partial charge in [0, 0.05) is 37.5 Å². The summed E-state index contributed by atoms with van der Waals surface area (Å²) in [5.41, 5.74) is -0.0695. The van der Waals surface area contributed by atoms with E-state index in [0.717, 1.165) is 6.54 Å². The lowest BCUT2D eigenvalue weighted by atomic mass is 9.82. The Labute approximate surface area is 152 Å². The lowest BCUT2D eigenvalue weighted by molar-refractivity contribution is -0.185. The summed E-state index contributed by atoms with van der Waals surface area (Å²) in [6.07, 6.45) is 5.08. The van der Waals surface area contributed by atoms with E-state index in [1.807, 2.05) is 4.90 Å². The van der Waals surface area contributed by atoms with Gasteiger partial charge in [0.1, 0.15) is 6.61 Å². The summed E-state index contributed by atoms with van der Waals surface area (Å²) in [5.74, 6) is -0.126. The zero-order valence-corrected chi connectivity index (χ0v) is 15.0. The lowest BCUT2D eigenvalue weighted by Crippen LogP contribution is -2.64. The van der Waals surface area contributed by atoms with Crippen molar-refractivity contribution in [2.24, 2.45) is 5.92 Å². The Bertz CT molecular complexity index is 714. The monoisotopic (exact) mass is 361 g/mol. The standard InChI is InChI=1S/C19H24FN3O3/c1-13-19(26-12-17(24)23(13)11-14-2-3-14)5-8-22(9-6-19)18(25)15-4-7-21-16(20)10-15/h4,7,10,13-14H,2-3,5-6,8-9,11-12H2,1H3/t13-/m0/s1. The normalized spacial score (nSPS) is 25.6. The Hall–Kier alpha value is -2.02. The van der Waals surface area contributed by atoms with Crippen LogP contribution in [0.15, 0.2) is 18.3 Å². The van der Waals surface area contributed by atoms with Crippen molar-refractivity contribution in [3.05, 3.63) is 29.8 Å². The van der Waals surface area contributed by atoms with Crippen LogP contribution < -0.4 is 0 Å². The molecule has 4 rings (SSSR count). The van der Waals surface area contributed by atoms with Crippen molar-refractivity contribution in [2.45, 2.75) is 44.2 Å². The Morgan fingerprint density at radius 1 is 1.38 bits per heavy atom. The molecule has 1 aromatic heterocycles. The molecule has 0 aromatic carbocycles. The third-order valence-electron chi connectivity index (χ3n) is 6.05. The SMILES string of the molecule is C[C@@H]1N(CC2CC2)C(=O)COC12CCN(C(=O)c1ccnc(F)c1)CC2. The van der Waals surface area contributed by atoms with E-state index >= 15 is 0 Å². The number of amides is 2. The second-order valence-electron chi connectivity index (χ2n) is 7.68. The van der Waals surface area contributed by atoms with E-state index in [0.29, 0.717) is 37.4 Å². The topological polar surface area (TPSA) is 62.7 Å². The van der Waals surface area contributed by atoms with E-state index in [1.54, 1.807) is 4.90 Å². The maximum absolute atomic E-state index is 13.3. The number of nitrogens with zero attached hydrogens (tertiary/aromatic N) is 3. The minimum absolute atomic E-state index is 0.0139. The van der Waals surface area contributed by atoms with E-state index in [9.17, 15) is 14.0 Å². The number of halogens is 1. The number of ether oxygens (including phenoxy) is 1. The van der Waals surface area contributed by atoms with E-state index < -0.39 is 5.95 Å². The van der Waals surface area contributed by atoms with Crippen molar-refractivity contribution in [2.75, 3.05) is 26.2 Å². The molecule has 7 heteroatoms. The number of likely N-dealkylation sites (tertiary alicyclic amines) is 1. The molecule has 1 aliphatic carbocycles. The average molecular weight is 361 g/mol. The van der Waals surface area contributed by atoms with Crippen LogP contribution >= 0.6 is 0 Å². The number of rotatable bonds is 3. The molecule has 140 valence electrons. The molecule has 3 aliphatic rings. The van der Waals surface area contributed by atoms with E-state index in [1.165, 1.54) is 31.2 Å². The molecule has 0 bridgehead atoms. The van der Waals surface area contributed by atoms with Gasteiger partial charge in [-0.15, -0.1) is 0 Å². The predicted molar refractivity (Wildman–Crippen MR) is 91.9 cm³/mol. The molecule has 1 aromatic rings. The molecule has 2 saturated heterocycles. The summed E-state index contributed by atoms with van der Waals surface area (Å²) in [4.78, 5) is 32.1. The predicted octanol–water partition coefficient (Wildman–Crippen LogP) is 1.85. The van der Waals surface area contributed by atoms with Crippen LogP contribution in [0.1, 0.15) is 43.0 Å². The first-order chi connectivity index (χ1) is 12.5. The van der Waals surface area contributed by atoms with E-state index in [2.05, 4.69) is 11.9 Å². The van der Waals surface area contributed by atoms with Gasteiger partial charge in [0.25, 0.3) is 5.91 Å². The van der Waals surface area contributed by atoms with Crippen LogP contribution in [0, 0.1) is 11.9 Å². The van der Waals surface area contributed by atoms with Gasteiger partial charge in [-0.1, -0.05) is 0 Å². The number of morpholine rings is 1. The van der Waals surface area contributed by atoms with Crippen molar-refractivity contribution in [1.82, 2.24) is 14.8 Å². The molecule has 1 atom stereocenters. The maximum atomic E-state index is 13.3. The summed E-state index contributed by atoms with van der Waals surface area (Å²) in [7, 11) is 0. The van der Waals surface area contributed by atoms with Crippen LogP contribution in [-0.4, -0.2) is 64.5 Å². The summed E-state index contributed by atoms with van der Waals surface area (Å²) in [6.45, 7) is 4.09. The highest BCUT2D eigenvalue weighted by Crippen LogP contribution is 2.38. The fraction of sp³-hybridized carbons (Fsp3) is 0.632. The molecule has 2 amide bonds. The first-order valence-electron chi connectivity index (χ1n) is 9.33. The van der Waals surface area contributed by atoms with Crippen molar-refractivity contribution in [1.29, 1.82) is 0 Å². The largest absolute Gasteiger partial charge is 0.363 e. The molecule has 0 unspecified atom stereocenters. The molecule has 0 radical (unpaired) electrons. The number of pyridine rings is 1. The number of carbonyl (C=O) groups excluding carboxylic acids is 2. The summed E-state index contributed by atoms with van der Waals surface area (Å²) >= 11 is 0. The highest BCUT2D eigenvalue weighted by Gasteiger charge is 2.49. The molecule has 1 spiro atoms. The van der Waals surface area contributed by atoms with E-state index in [4.69, 9.17) is 4.74 Å². The Kier molecular flexibility index (Phi) is 4.42. The fourth-order valence-electron chi connectivity index (χ4n) is 4.12. The van der Waals surface area contributed by atoms with Gasteiger partial charge in [-0.2, -0.15) is 4.39 Å². The first-order valence-corrected chi connectivity index (χ1v) is 9.33. The van der Waals surface area contributed by atoms with Gasteiger partial charge in [-0.25, -0.2) is 4.98 Å². The number of piperidine rings is 1. The Morgan fingerprint density at radius 2 is 2.12 bits per heavy atom. The van der Waals surface area contributed by atoms with Crippen LogP contribution in [0.3, 0.4) is 0 Å². The summed E-state index contributed by atoms with van der Waals surface area (Å²) in [6, 6.07) is 2.72. The van der Waals surface area contributed by atoms with Crippen LogP contribution in [0.4, 0.5) is 4.39 Å². The lowest BCUT2D eigenvalue weighted by Gasteiger charge is -2.51. The molecule has 3 heterocycles. The zero-order valence-electron chi connectivity index (χ0n) is 15.0. The van der Waals surface area contributed by atoms with Gasteiger partial charge in [0.2, 0.25) is 11.9 Å². The highest BCUT2D eigenvalue weighted by atomic mass is 19.1. The third kappa shape index (κ3) is 3.20. The van der Waals surface area contributed by atoms with Gasteiger partial charge < -0.3 is 14.5 Å². The second kappa shape index (κ2) is 6.61. The van der Waals surface area contributed by atoms with Crippen LogP contribution in [0.2, 0.25) is 0 Å². The van der Waals surface area contributed by atoms with Crippen molar-refractivity contribution in [3.8, 4) is 0 Å². The minimum atomic E-state index is -0.650. The van der Waals surface area contributed by atoms with Gasteiger partial charge in [0.15, 0.2) is 0 Å². The Balaban J connectivity index is 1.43. The highest BCUT2D eigenvalue weighted by molar-refractivity contribution is 5.94. The molecule has 0 N–H and O–H groups in total. The molecule has 1 saturated carbocycles. The number of carbonyl (C=O) groups is 2. The Morgan fingerprint density at radius 3 is 2.77 bits per heavy atom. The molecule has 6 nitrogen and oxygen atoms in total. The van der Waals surface area contributed by atoms with Gasteiger partial charge in [-0.3, -0.25) is 9.59 Å². The number of aromatic nitrogens is 1. The molecule has 26 heavy (non-hydrogen) atoms. The van der Waals surface area contributed by atoms with Crippen molar-refractivity contribution in [3.63, 3.8) is 0 Å². The number of hydrogen-bond acceptors (Lipinski definition) is 4. The van der Waals surface area contributed by atoms with Gasteiger partial charge >= 0.3 is 0 Å². The maximum Gasteiger partial charge on any atom is 0.254 e. The number of hydrogen-bond donors (Lipinski definition) is 0. The summed E-state index contributed by atoms with van der Waals surface area (Å²) < 4.78 is 19.3. The molecular weight excluding hydrogens is 337 g/mol. The quantitative estimate of drug-likeness (QED) is 0.771. The second-order valence-corrected chi connectivity index (χ2v) is 7.68. The first kappa shape index (κ1) is 17.4. The van der Waals surface area contributed by atoms with Gasteiger partial charge in [0.05, 0.1) is 11.6 Å². The van der Waals surface area contributed by atoms with Crippen molar-refractivity contribution >= 4 is 11.8 Å². The molecule has 2 aliphatic heterocycles. The van der Waals surface area contributed by atoms with Crippen LogP contribution in [-0.2, 0) is 9.53 Å².